The van der Waals surface area contributed by atoms with Gasteiger partial charge in [-0.05, 0) is 12.1 Å². The van der Waals surface area contributed by atoms with Gasteiger partial charge in [0.25, 0.3) is 5.91 Å². The van der Waals surface area contributed by atoms with E-state index in [0.717, 1.165) is 0 Å². The van der Waals surface area contributed by atoms with Gasteiger partial charge in [0.15, 0.2) is 0 Å². The summed E-state index contributed by atoms with van der Waals surface area (Å²) in [7, 11) is 3.54. The lowest BCUT2D eigenvalue weighted by molar-refractivity contribution is -0.112. The lowest BCUT2D eigenvalue weighted by atomic mass is 9.97. The molecular weight excluding hydrogens is 204 g/mol. The van der Waals surface area contributed by atoms with E-state index in [0.29, 0.717) is 11.3 Å². The number of nitrogens with one attached hydrogen (secondary N) is 1. The average molecular weight is 216 g/mol. The highest BCUT2D eigenvalue weighted by molar-refractivity contribution is 6.33. The molecule has 0 saturated carbocycles. The van der Waals surface area contributed by atoms with E-state index in [9.17, 15) is 9.59 Å². The summed E-state index contributed by atoms with van der Waals surface area (Å²) < 4.78 is 0. The molecule has 4 nitrogen and oxygen atoms in total. The summed E-state index contributed by atoms with van der Waals surface area (Å²) in [5, 5.41) is 2.69. The third kappa shape index (κ3) is 1.69. The summed E-state index contributed by atoms with van der Waals surface area (Å²) in [6.07, 6.45) is 1.54. The molecule has 0 bridgehead atoms. The molecule has 0 radical (unpaired) electrons. The summed E-state index contributed by atoms with van der Waals surface area (Å²) in [6, 6.07) is 6.99. The number of ketones is 1. The molecule has 0 aliphatic carbocycles. The number of fused-ring (bicyclic) bond motifs is 1. The van der Waals surface area contributed by atoms with Gasteiger partial charge in [0, 0.05) is 25.9 Å². The molecule has 0 unspecified atom stereocenters. The van der Waals surface area contributed by atoms with Crippen molar-refractivity contribution in [2.24, 2.45) is 0 Å². The van der Waals surface area contributed by atoms with Crippen LogP contribution >= 0.6 is 0 Å². The van der Waals surface area contributed by atoms with Gasteiger partial charge in [0.05, 0.1) is 5.69 Å². The molecule has 1 aliphatic heterocycles. The minimum Gasteiger partial charge on any atom is -0.383 e. The fourth-order valence-corrected chi connectivity index (χ4v) is 1.60. The van der Waals surface area contributed by atoms with E-state index < -0.39 is 0 Å². The second-order valence-electron chi connectivity index (χ2n) is 3.84. The van der Waals surface area contributed by atoms with Crippen molar-refractivity contribution < 1.29 is 9.59 Å². The topological polar surface area (TPSA) is 49.4 Å². The van der Waals surface area contributed by atoms with Crippen LogP contribution in [0.25, 0.3) is 0 Å². The van der Waals surface area contributed by atoms with Gasteiger partial charge < -0.3 is 10.2 Å². The molecule has 0 atom stereocenters. The third-order valence-corrected chi connectivity index (χ3v) is 2.30. The molecular formula is C12H12N2O2. The maximum absolute atomic E-state index is 12.0. The van der Waals surface area contributed by atoms with Crippen LogP contribution in [-0.2, 0) is 4.79 Å². The van der Waals surface area contributed by atoms with Crippen molar-refractivity contribution in [3.63, 3.8) is 0 Å². The number of carbonyl (C=O) groups excluding carboxylic acids is 2. The smallest absolute Gasteiger partial charge is 0.261 e. The van der Waals surface area contributed by atoms with Gasteiger partial charge in [-0.25, -0.2) is 0 Å². The monoisotopic (exact) mass is 216 g/mol. The van der Waals surface area contributed by atoms with Crippen molar-refractivity contribution in [2.45, 2.75) is 0 Å². The molecule has 16 heavy (non-hydrogen) atoms. The zero-order valence-corrected chi connectivity index (χ0v) is 9.15. The van der Waals surface area contributed by atoms with Gasteiger partial charge >= 0.3 is 0 Å². The highest BCUT2D eigenvalue weighted by Crippen LogP contribution is 2.24. The Bertz CT molecular complexity index is 490. The number of carbonyl (C=O) groups is 2. The Morgan fingerprint density at radius 3 is 2.56 bits per heavy atom. The number of para-hydroxylation sites is 1. The van der Waals surface area contributed by atoms with E-state index in [1.807, 2.05) is 0 Å². The zero-order valence-electron chi connectivity index (χ0n) is 9.15. The van der Waals surface area contributed by atoms with E-state index in [1.165, 1.54) is 6.20 Å². The van der Waals surface area contributed by atoms with E-state index in [-0.39, 0.29) is 17.3 Å². The van der Waals surface area contributed by atoms with E-state index in [2.05, 4.69) is 5.32 Å². The van der Waals surface area contributed by atoms with Crippen LogP contribution in [0.4, 0.5) is 5.69 Å². The SMILES string of the molecule is CN(C)/C=C1\C(=O)Nc2ccccc2C1=O. The first kappa shape index (κ1) is 10.4. The van der Waals surface area contributed by atoms with Gasteiger partial charge in [0.2, 0.25) is 5.78 Å². The van der Waals surface area contributed by atoms with Crippen LogP contribution in [-0.4, -0.2) is 30.7 Å². The predicted octanol–water partition coefficient (Wildman–Crippen LogP) is 1.27. The van der Waals surface area contributed by atoms with Crippen molar-refractivity contribution in [1.29, 1.82) is 0 Å². The highest BCUT2D eigenvalue weighted by atomic mass is 16.2. The normalized spacial score (nSPS) is 17.0. The predicted molar refractivity (Wildman–Crippen MR) is 61.2 cm³/mol. The molecule has 2 rings (SSSR count). The third-order valence-electron chi connectivity index (χ3n) is 2.30. The molecule has 1 heterocycles. The lowest BCUT2D eigenvalue weighted by Crippen LogP contribution is -2.28. The summed E-state index contributed by atoms with van der Waals surface area (Å²) >= 11 is 0. The van der Waals surface area contributed by atoms with Crippen LogP contribution in [0, 0.1) is 0 Å². The molecule has 0 saturated heterocycles. The molecule has 0 aromatic heterocycles. The Kier molecular flexibility index (Phi) is 2.48. The summed E-state index contributed by atoms with van der Waals surface area (Å²) in [6.45, 7) is 0. The standard InChI is InChI=1S/C12H12N2O2/c1-14(2)7-9-11(15)8-5-3-4-6-10(8)13-12(9)16/h3-7H,1-2H3,(H,13,16)/b9-7-. The Morgan fingerprint density at radius 2 is 1.88 bits per heavy atom. The summed E-state index contributed by atoms with van der Waals surface area (Å²) in [5.74, 6) is -0.578. The van der Waals surface area contributed by atoms with Gasteiger partial charge in [-0.1, -0.05) is 12.1 Å². The highest BCUT2D eigenvalue weighted by Gasteiger charge is 2.28. The molecule has 1 amide bonds. The molecule has 82 valence electrons. The lowest BCUT2D eigenvalue weighted by Gasteiger charge is -2.19. The van der Waals surface area contributed by atoms with E-state index >= 15 is 0 Å². The minimum absolute atomic E-state index is 0.170. The van der Waals surface area contributed by atoms with Crippen LogP contribution < -0.4 is 5.32 Å². The first-order valence-corrected chi connectivity index (χ1v) is 4.93. The van der Waals surface area contributed by atoms with Crippen molar-refractivity contribution in [2.75, 3.05) is 19.4 Å². The largest absolute Gasteiger partial charge is 0.383 e. The number of amides is 1. The van der Waals surface area contributed by atoms with Crippen molar-refractivity contribution in [3.05, 3.63) is 41.6 Å². The van der Waals surface area contributed by atoms with E-state index in [1.54, 1.807) is 43.3 Å². The Labute approximate surface area is 93.6 Å². The van der Waals surface area contributed by atoms with Crippen molar-refractivity contribution >= 4 is 17.4 Å². The number of Topliss-reactive ketones (excluding diaryl/α,β-unsaturated/α-hetero) is 1. The molecule has 0 spiro atoms. The summed E-state index contributed by atoms with van der Waals surface area (Å²) in [4.78, 5) is 25.4. The number of hydrogen-bond acceptors (Lipinski definition) is 3. The van der Waals surface area contributed by atoms with Crippen LogP contribution in [0.3, 0.4) is 0 Å². The Morgan fingerprint density at radius 1 is 1.19 bits per heavy atom. The first-order valence-electron chi connectivity index (χ1n) is 4.93. The molecule has 1 aromatic rings. The molecule has 1 N–H and O–H groups in total. The second-order valence-corrected chi connectivity index (χ2v) is 3.84. The number of benzene rings is 1. The molecule has 1 aromatic carbocycles. The molecule has 4 heteroatoms. The molecule has 1 aliphatic rings. The first-order chi connectivity index (χ1) is 7.59. The van der Waals surface area contributed by atoms with Crippen molar-refractivity contribution in [3.8, 4) is 0 Å². The van der Waals surface area contributed by atoms with Gasteiger partial charge in [0.1, 0.15) is 5.57 Å². The average Bonchev–Trinajstić information content (AvgIpc) is 2.24. The van der Waals surface area contributed by atoms with Crippen LogP contribution in [0.2, 0.25) is 0 Å². The number of anilines is 1. The van der Waals surface area contributed by atoms with Gasteiger partial charge in [-0.3, -0.25) is 9.59 Å². The zero-order chi connectivity index (χ0) is 11.7. The van der Waals surface area contributed by atoms with Gasteiger partial charge in [-0.2, -0.15) is 0 Å². The second kappa shape index (κ2) is 3.81. The van der Waals surface area contributed by atoms with Gasteiger partial charge in [-0.15, -0.1) is 0 Å². The van der Waals surface area contributed by atoms with Crippen LogP contribution in [0.5, 0.6) is 0 Å². The molecule has 0 fully saturated rings. The van der Waals surface area contributed by atoms with Crippen LogP contribution in [0.15, 0.2) is 36.0 Å². The fraction of sp³-hybridized carbons (Fsp3) is 0.167. The maximum Gasteiger partial charge on any atom is 0.261 e. The maximum atomic E-state index is 12.0. The minimum atomic E-state index is -0.350. The fourth-order valence-electron chi connectivity index (χ4n) is 1.60. The van der Waals surface area contributed by atoms with Crippen LogP contribution in [0.1, 0.15) is 10.4 Å². The number of nitrogens with zero attached hydrogens (tertiary/aromatic N) is 1. The Hall–Kier alpha value is -2.10. The number of rotatable bonds is 1. The summed E-state index contributed by atoms with van der Waals surface area (Å²) in [5.41, 5.74) is 1.28. The van der Waals surface area contributed by atoms with Crippen molar-refractivity contribution in [1.82, 2.24) is 4.90 Å². The number of hydrogen-bond donors (Lipinski definition) is 1. The quantitative estimate of drug-likeness (QED) is 0.568. The van der Waals surface area contributed by atoms with E-state index in [4.69, 9.17) is 0 Å². The Balaban J connectivity index is 2.50.